The van der Waals surface area contributed by atoms with Crippen LogP contribution in [0, 0.1) is 5.82 Å². The van der Waals surface area contributed by atoms with Crippen molar-refractivity contribution in [2.45, 2.75) is 13.0 Å². The zero-order valence-electron chi connectivity index (χ0n) is 11.8. The van der Waals surface area contributed by atoms with E-state index < -0.39 is 17.6 Å². The second kappa shape index (κ2) is 7.04. The fourth-order valence-electron chi connectivity index (χ4n) is 1.85. The molecule has 0 spiro atoms. The van der Waals surface area contributed by atoms with Crippen molar-refractivity contribution in [1.82, 2.24) is 5.32 Å². The SMILES string of the molecule is C[C@@H](NC(=O)C(=O)Nc1ccc(F)c(Cl)c1)c1ccccc1. The molecule has 0 aliphatic heterocycles. The molecule has 2 rings (SSSR count). The Hall–Kier alpha value is -2.40. The molecule has 0 aromatic heterocycles. The van der Waals surface area contributed by atoms with Gasteiger partial charge in [-0.05, 0) is 30.7 Å². The molecular formula is C16H14ClFN2O2. The van der Waals surface area contributed by atoms with Gasteiger partial charge in [0.25, 0.3) is 0 Å². The number of benzene rings is 2. The van der Waals surface area contributed by atoms with Gasteiger partial charge in [0.2, 0.25) is 0 Å². The summed E-state index contributed by atoms with van der Waals surface area (Å²) in [6.45, 7) is 1.77. The minimum absolute atomic E-state index is 0.129. The Labute approximate surface area is 132 Å². The summed E-state index contributed by atoms with van der Waals surface area (Å²) in [5, 5.41) is 4.82. The van der Waals surface area contributed by atoms with Crippen LogP contribution in [0.5, 0.6) is 0 Å². The lowest BCUT2D eigenvalue weighted by Gasteiger charge is -2.14. The minimum Gasteiger partial charge on any atom is -0.341 e. The Bertz CT molecular complexity index is 692. The highest BCUT2D eigenvalue weighted by molar-refractivity contribution is 6.40. The average Bonchev–Trinajstić information content (AvgIpc) is 2.51. The van der Waals surface area contributed by atoms with Gasteiger partial charge in [0.15, 0.2) is 0 Å². The zero-order valence-corrected chi connectivity index (χ0v) is 12.5. The predicted octanol–water partition coefficient (Wildman–Crippen LogP) is 3.30. The summed E-state index contributed by atoms with van der Waals surface area (Å²) in [5.41, 5.74) is 1.13. The van der Waals surface area contributed by atoms with Crippen LogP contribution in [0.3, 0.4) is 0 Å². The second-order valence-electron chi connectivity index (χ2n) is 4.69. The normalized spacial score (nSPS) is 11.6. The molecule has 0 fully saturated rings. The van der Waals surface area contributed by atoms with Crippen LogP contribution in [-0.4, -0.2) is 11.8 Å². The Morgan fingerprint density at radius 2 is 1.77 bits per heavy atom. The first kappa shape index (κ1) is 16.0. The maximum Gasteiger partial charge on any atom is 0.313 e. The monoisotopic (exact) mass is 320 g/mol. The van der Waals surface area contributed by atoms with Crippen molar-refractivity contribution in [2.75, 3.05) is 5.32 Å². The smallest absolute Gasteiger partial charge is 0.313 e. The van der Waals surface area contributed by atoms with Crippen LogP contribution in [0.25, 0.3) is 0 Å². The Balaban J connectivity index is 1.97. The van der Waals surface area contributed by atoms with E-state index in [9.17, 15) is 14.0 Å². The first-order valence-corrected chi connectivity index (χ1v) is 6.97. The molecule has 2 aromatic rings. The molecule has 22 heavy (non-hydrogen) atoms. The van der Waals surface area contributed by atoms with E-state index in [1.165, 1.54) is 12.1 Å². The van der Waals surface area contributed by atoms with E-state index in [4.69, 9.17) is 11.6 Å². The average molecular weight is 321 g/mol. The molecule has 2 aromatic carbocycles. The molecule has 6 heteroatoms. The summed E-state index contributed by atoms with van der Waals surface area (Å²) in [5.74, 6) is -2.22. The molecule has 0 saturated carbocycles. The summed E-state index contributed by atoms with van der Waals surface area (Å²) in [4.78, 5) is 23.7. The van der Waals surface area contributed by atoms with Crippen LogP contribution in [0.1, 0.15) is 18.5 Å². The molecule has 0 saturated heterocycles. The minimum atomic E-state index is -0.842. The highest BCUT2D eigenvalue weighted by Crippen LogP contribution is 2.19. The Kier molecular flexibility index (Phi) is 5.12. The van der Waals surface area contributed by atoms with Gasteiger partial charge >= 0.3 is 11.8 Å². The molecule has 4 nitrogen and oxygen atoms in total. The highest BCUT2D eigenvalue weighted by Gasteiger charge is 2.17. The van der Waals surface area contributed by atoms with Gasteiger partial charge in [0.05, 0.1) is 11.1 Å². The lowest BCUT2D eigenvalue weighted by atomic mass is 10.1. The van der Waals surface area contributed by atoms with Crippen molar-refractivity contribution < 1.29 is 14.0 Å². The number of hydrogen-bond acceptors (Lipinski definition) is 2. The maximum absolute atomic E-state index is 13.0. The van der Waals surface area contributed by atoms with Gasteiger partial charge in [-0.1, -0.05) is 41.9 Å². The van der Waals surface area contributed by atoms with E-state index in [0.717, 1.165) is 11.6 Å². The van der Waals surface area contributed by atoms with Gasteiger partial charge in [-0.15, -0.1) is 0 Å². The molecular weight excluding hydrogens is 307 g/mol. The van der Waals surface area contributed by atoms with Crippen molar-refractivity contribution in [3.05, 3.63) is 64.9 Å². The number of carbonyl (C=O) groups is 2. The molecule has 2 N–H and O–H groups in total. The third-order valence-corrected chi connectivity index (χ3v) is 3.32. The number of anilines is 1. The molecule has 0 heterocycles. The van der Waals surface area contributed by atoms with E-state index in [1.54, 1.807) is 6.92 Å². The summed E-state index contributed by atoms with van der Waals surface area (Å²) in [7, 11) is 0. The molecule has 0 aliphatic rings. The third kappa shape index (κ3) is 4.05. The summed E-state index contributed by atoms with van der Waals surface area (Å²) < 4.78 is 13.0. The van der Waals surface area contributed by atoms with Crippen LogP contribution in [0.15, 0.2) is 48.5 Å². The topological polar surface area (TPSA) is 58.2 Å². The van der Waals surface area contributed by atoms with E-state index >= 15 is 0 Å². The summed E-state index contributed by atoms with van der Waals surface area (Å²) >= 11 is 5.61. The second-order valence-corrected chi connectivity index (χ2v) is 5.10. The summed E-state index contributed by atoms with van der Waals surface area (Å²) in [6.07, 6.45) is 0. The van der Waals surface area contributed by atoms with Gasteiger partial charge in [-0.3, -0.25) is 9.59 Å². The fraction of sp³-hybridized carbons (Fsp3) is 0.125. The fourth-order valence-corrected chi connectivity index (χ4v) is 2.03. The lowest BCUT2D eigenvalue weighted by Crippen LogP contribution is -2.36. The standard InChI is InChI=1S/C16H14ClFN2O2/c1-10(11-5-3-2-4-6-11)19-15(21)16(22)20-12-7-8-14(18)13(17)9-12/h2-10H,1H3,(H,19,21)(H,20,22)/t10-/m1/s1. The largest absolute Gasteiger partial charge is 0.341 e. The molecule has 1 atom stereocenters. The van der Waals surface area contributed by atoms with Crippen LogP contribution in [0.4, 0.5) is 10.1 Å². The number of halogens is 2. The number of amides is 2. The van der Waals surface area contributed by atoms with Crippen LogP contribution in [0.2, 0.25) is 5.02 Å². The van der Waals surface area contributed by atoms with Crippen LogP contribution in [-0.2, 0) is 9.59 Å². The number of carbonyl (C=O) groups excluding carboxylic acids is 2. The molecule has 0 aliphatic carbocycles. The quantitative estimate of drug-likeness (QED) is 0.853. The van der Waals surface area contributed by atoms with Gasteiger partial charge < -0.3 is 10.6 Å². The van der Waals surface area contributed by atoms with Crippen molar-refractivity contribution >= 4 is 29.1 Å². The van der Waals surface area contributed by atoms with Gasteiger partial charge in [-0.25, -0.2) is 4.39 Å². The van der Waals surface area contributed by atoms with Crippen molar-refractivity contribution in [3.8, 4) is 0 Å². The van der Waals surface area contributed by atoms with Crippen LogP contribution >= 0.6 is 11.6 Å². The number of rotatable bonds is 3. The Morgan fingerprint density at radius 3 is 2.41 bits per heavy atom. The third-order valence-electron chi connectivity index (χ3n) is 3.03. The van der Waals surface area contributed by atoms with Crippen molar-refractivity contribution in [3.63, 3.8) is 0 Å². The molecule has 114 valence electrons. The van der Waals surface area contributed by atoms with E-state index in [1.807, 2.05) is 30.3 Å². The molecule has 0 radical (unpaired) electrons. The summed E-state index contributed by atoms with van der Waals surface area (Å²) in [6, 6.07) is 12.6. The van der Waals surface area contributed by atoms with E-state index in [0.29, 0.717) is 0 Å². The van der Waals surface area contributed by atoms with Gasteiger partial charge in [-0.2, -0.15) is 0 Å². The number of hydrogen-bond donors (Lipinski definition) is 2. The van der Waals surface area contributed by atoms with E-state index in [2.05, 4.69) is 10.6 Å². The van der Waals surface area contributed by atoms with Gasteiger partial charge in [0, 0.05) is 5.69 Å². The lowest BCUT2D eigenvalue weighted by molar-refractivity contribution is -0.136. The highest BCUT2D eigenvalue weighted by atomic mass is 35.5. The molecule has 0 unspecified atom stereocenters. The first-order chi connectivity index (χ1) is 10.5. The number of nitrogens with one attached hydrogen (secondary N) is 2. The zero-order chi connectivity index (χ0) is 16.1. The molecule has 2 amide bonds. The van der Waals surface area contributed by atoms with Crippen molar-refractivity contribution in [2.24, 2.45) is 0 Å². The maximum atomic E-state index is 13.0. The predicted molar refractivity (Wildman–Crippen MR) is 83.0 cm³/mol. The van der Waals surface area contributed by atoms with Gasteiger partial charge in [0.1, 0.15) is 5.82 Å². The van der Waals surface area contributed by atoms with Crippen molar-refractivity contribution in [1.29, 1.82) is 0 Å². The van der Waals surface area contributed by atoms with E-state index in [-0.39, 0.29) is 16.8 Å². The first-order valence-electron chi connectivity index (χ1n) is 6.59. The molecule has 0 bridgehead atoms. The van der Waals surface area contributed by atoms with Crippen LogP contribution < -0.4 is 10.6 Å². The Morgan fingerprint density at radius 1 is 1.09 bits per heavy atom.